The van der Waals surface area contributed by atoms with Gasteiger partial charge in [-0.2, -0.15) is 13.2 Å². The van der Waals surface area contributed by atoms with Crippen LogP contribution in [0.1, 0.15) is 16.7 Å². The maximum Gasteiger partial charge on any atom is 0.416 e. The van der Waals surface area contributed by atoms with Gasteiger partial charge in [-0.1, -0.05) is 41.5 Å². The number of rotatable bonds is 2. The van der Waals surface area contributed by atoms with Gasteiger partial charge in [-0.15, -0.1) is 0 Å². The third-order valence-corrected chi connectivity index (χ3v) is 5.95. The number of aromatic nitrogens is 1. The predicted molar refractivity (Wildman–Crippen MR) is 125 cm³/mol. The number of aryl methyl sites for hydroxylation is 2. The monoisotopic (exact) mass is 463 g/mol. The zero-order valence-corrected chi connectivity index (χ0v) is 18.3. The normalized spacial score (nSPS) is 12.0. The molecule has 4 aromatic carbocycles. The summed E-state index contributed by atoms with van der Waals surface area (Å²) < 4.78 is 69.4. The summed E-state index contributed by atoms with van der Waals surface area (Å²) in [6.07, 6.45) is -2.92. The van der Waals surface area contributed by atoms with Crippen LogP contribution in [0, 0.1) is 25.5 Å². The molecule has 6 heteroatoms. The summed E-state index contributed by atoms with van der Waals surface area (Å²) in [5.74, 6) is -1.66. The van der Waals surface area contributed by atoms with Gasteiger partial charge < -0.3 is 0 Å². The molecule has 1 nitrogen and oxygen atoms in total. The van der Waals surface area contributed by atoms with Gasteiger partial charge in [0.05, 0.1) is 16.8 Å². The highest BCUT2D eigenvalue weighted by Gasteiger charge is 2.30. The van der Waals surface area contributed by atoms with Crippen LogP contribution in [0.3, 0.4) is 0 Å². The van der Waals surface area contributed by atoms with Crippen LogP contribution in [0.25, 0.3) is 43.9 Å². The molecule has 0 unspecified atom stereocenters. The molecule has 0 fully saturated rings. The van der Waals surface area contributed by atoms with Gasteiger partial charge in [0.2, 0.25) is 0 Å². The van der Waals surface area contributed by atoms with Crippen LogP contribution >= 0.6 is 0 Å². The molecule has 0 N–H and O–H groups in total. The van der Waals surface area contributed by atoms with Crippen molar-refractivity contribution in [2.75, 3.05) is 0 Å². The van der Waals surface area contributed by atoms with Gasteiger partial charge in [-0.3, -0.25) is 4.98 Å². The van der Waals surface area contributed by atoms with Crippen molar-refractivity contribution in [2.24, 2.45) is 0 Å². The fourth-order valence-corrected chi connectivity index (χ4v) is 4.50. The van der Waals surface area contributed by atoms with E-state index in [9.17, 15) is 13.2 Å². The van der Waals surface area contributed by atoms with Gasteiger partial charge in [0.25, 0.3) is 0 Å². The first-order valence-corrected chi connectivity index (χ1v) is 10.6. The number of benzene rings is 4. The zero-order valence-electron chi connectivity index (χ0n) is 18.3. The van der Waals surface area contributed by atoms with Crippen LogP contribution in [0.2, 0.25) is 0 Å². The van der Waals surface area contributed by atoms with E-state index in [1.807, 2.05) is 26.0 Å². The lowest BCUT2D eigenvalue weighted by Crippen LogP contribution is -2.04. The van der Waals surface area contributed by atoms with Gasteiger partial charge >= 0.3 is 6.18 Å². The van der Waals surface area contributed by atoms with E-state index in [0.717, 1.165) is 46.3 Å². The fourth-order valence-electron chi connectivity index (χ4n) is 4.50. The Morgan fingerprint density at radius 1 is 0.647 bits per heavy atom. The summed E-state index contributed by atoms with van der Waals surface area (Å²) in [6, 6.07) is 16.1. The minimum atomic E-state index is -4.53. The van der Waals surface area contributed by atoms with Crippen molar-refractivity contribution in [3.05, 3.63) is 101 Å². The van der Waals surface area contributed by atoms with Crippen molar-refractivity contribution in [3.8, 4) is 22.4 Å². The summed E-state index contributed by atoms with van der Waals surface area (Å²) in [6.45, 7) is 3.98. The lowest BCUT2D eigenvalue weighted by atomic mass is 9.94. The molecule has 0 aliphatic carbocycles. The van der Waals surface area contributed by atoms with Gasteiger partial charge in [0.15, 0.2) is 0 Å². The molecule has 0 aliphatic rings. The topological polar surface area (TPSA) is 12.9 Å². The molecule has 0 saturated carbocycles. The van der Waals surface area contributed by atoms with Crippen molar-refractivity contribution in [1.29, 1.82) is 0 Å². The van der Waals surface area contributed by atoms with Crippen LogP contribution < -0.4 is 0 Å². The molecule has 0 saturated heterocycles. The van der Waals surface area contributed by atoms with E-state index in [2.05, 4.69) is 11.1 Å². The van der Waals surface area contributed by atoms with Crippen LogP contribution in [0.4, 0.5) is 22.0 Å². The molecule has 5 rings (SSSR count). The molecule has 1 aromatic heterocycles. The molecule has 0 bridgehead atoms. The molecule has 0 atom stereocenters. The minimum absolute atomic E-state index is 0.0376. The molecule has 1 heterocycles. The second-order valence-electron chi connectivity index (χ2n) is 8.41. The second kappa shape index (κ2) is 7.90. The van der Waals surface area contributed by atoms with Gasteiger partial charge in [0.1, 0.15) is 11.6 Å². The number of pyridine rings is 1. The van der Waals surface area contributed by atoms with Crippen LogP contribution in [-0.2, 0) is 6.18 Å². The van der Waals surface area contributed by atoms with E-state index < -0.39 is 23.4 Å². The Bertz CT molecular complexity index is 1550. The molecule has 34 heavy (non-hydrogen) atoms. The molecule has 0 aliphatic heterocycles. The predicted octanol–water partition coefficient (Wildman–Crippen LogP) is 8.64. The molecule has 0 spiro atoms. The van der Waals surface area contributed by atoms with Crippen molar-refractivity contribution < 1.29 is 22.0 Å². The first-order chi connectivity index (χ1) is 16.1. The molecule has 0 amide bonds. The first-order valence-electron chi connectivity index (χ1n) is 10.6. The van der Waals surface area contributed by atoms with Gasteiger partial charge in [-0.25, -0.2) is 8.78 Å². The lowest BCUT2D eigenvalue weighted by Gasteiger charge is -2.14. The summed E-state index contributed by atoms with van der Waals surface area (Å²) >= 11 is 0. The van der Waals surface area contributed by atoms with E-state index in [-0.39, 0.29) is 16.5 Å². The average molecular weight is 463 g/mol. The van der Waals surface area contributed by atoms with Gasteiger partial charge in [0, 0.05) is 22.5 Å². The van der Waals surface area contributed by atoms with Crippen molar-refractivity contribution in [3.63, 3.8) is 0 Å². The highest BCUT2D eigenvalue weighted by atomic mass is 19.4. The Kier molecular flexibility index (Phi) is 5.12. The number of hydrogen-bond donors (Lipinski definition) is 0. The van der Waals surface area contributed by atoms with Crippen molar-refractivity contribution in [2.45, 2.75) is 20.0 Å². The van der Waals surface area contributed by atoms with Crippen molar-refractivity contribution >= 4 is 21.5 Å². The standard InChI is InChI=1S/C28H18F5N/c1-15-11-16(2)13-18(12-15)27-22-8-7-21-23(20(22)9-10-34-27)14-24(29)25(26(21)30)17-3-5-19(6-4-17)28(31,32)33/h3-14H,1-2H3. The first kappa shape index (κ1) is 22.0. The Labute approximate surface area is 192 Å². The maximum absolute atomic E-state index is 15.5. The van der Waals surface area contributed by atoms with Crippen LogP contribution in [0.15, 0.2) is 72.9 Å². The highest BCUT2D eigenvalue weighted by Crippen LogP contribution is 2.38. The third-order valence-electron chi connectivity index (χ3n) is 5.95. The van der Waals surface area contributed by atoms with Gasteiger partial charge in [-0.05, 0) is 66.6 Å². The Hall–Kier alpha value is -3.80. The Morgan fingerprint density at radius 2 is 1.29 bits per heavy atom. The number of nitrogens with zero attached hydrogens (tertiary/aromatic N) is 1. The Morgan fingerprint density at radius 3 is 1.94 bits per heavy atom. The number of alkyl halides is 3. The number of halogens is 5. The highest BCUT2D eigenvalue weighted by molar-refractivity contribution is 6.12. The van der Waals surface area contributed by atoms with E-state index in [0.29, 0.717) is 16.5 Å². The summed E-state index contributed by atoms with van der Waals surface area (Å²) in [7, 11) is 0. The lowest BCUT2D eigenvalue weighted by molar-refractivity contribution is -0.137. The molecular formula is C28H18F5N. The SMILES string of the molecule is Cc1cc(C)cc(-c2nccc3c2ccc2c(F)c(-c4ccc(C(F)(F)F)cc4)c(F)cc23)c1. The van der Waals surface area contributed by atoms with Crippen molar-refractivity contribution in [1.82, 2.24) is 4.98 Å². The molecule has 170 valence electrons. The minimum Gasteiger partial charge on any atom is -0.256 e. The van der Waals surface area contributed by atoms with Crippen LogP contribution in [0.5, 0.6) is 0 Å². The average Bonchev–Trinajstić information content (AvgIpc) is 2.77. The van der Waals surface area contributed by atoms with E-state index in [1.54, 1.807) is 24.4 Å². The largest absolute Gasteiger partial charge is 0.416 e. The van der Waals surface area contributed by atoms with Crippen LogP contribution in [-0.4, -0.2) is 4.98 Å². The third kappa shape index (κ3) is 3.69. The summed E-state index contributed by atoms with van der Waals surface area (Å²) in [5, 5.41) is 1.94. The Balaban J connectivity index is 1.72. The van der Waals surface area contributed by atoms with E-state index in [1.165, 1.54) is 6.07 Å². The van der Waals surface area contributed by atoms with E-state index in [4.69, 9.17) is 0 Å². The second-order valence-corrected chi connectivity index (χ2v) is 8.41. The maximum atomic E-state index is 15.5. The number of hydrogen-bond acceptors (Lipinski definition) is 1. The summed E-state index contributed by atoms with van der Waals surface area (Å²) in [5.41, 5.74) is 2.57. The molecule has 5 aromatic rings. The quantitative estimate of drug-likeness (QED) is 0.189. The molecule has 0 radical (unpaired) electrons. The smallest absolute Gasteiger partial charge is 0.256 e. The fraction of sp³-hybridized carbons (Fsp3) is 0.107. The zero-order chi connectivity index (χ0) is 24.2. The number of fused-ring (bicyclic) bond motifs is 3. The van der Waals surface area contributed by atoms with E-state index >= 15 is 8.78 Å². The summed E-state index contributed by atoms with van der Waals surface area (Å²) in [4.78, 5) is 4.52. The molecular weight excluding hydrogens is 445 g/mol.